The number of halogens is 1. The maximum absolute atomic E-state index is 5.30. The van der Waals surface area contributed by atoms with Gasteiger partial charge in [0.1, 0.15) is 0 Å². The van der Waals surface area contributed by atoms with E-state index in [1.54, 1.807) is 0 Å². The Hall–Kier alpha value is -0.413. The lowest BCUT2D eigenvalue weighted by Crippen LogP contribution is -1.94. The van der Waals surface area contributed by atoms with Crippen LogP contribution >= 0.6 is 15.9 Å². The summed E-state index contributed by atoms with van der Waals surface area (Å²) in [7, 11) is -0.101. The largest absolute Gasteiger partial charge is 0.550 e. The number of aryl methyl sites for hydroxylation is 1. The zero-order chi connectivity index (χ0) is 8.97. The van der Waals surface area contributed by atoms with Crippen molar-refractivity contribution in [3.05, 3.63) is 33.8 Å². The zero-order valence-electron chi connectivity index (χ0n) is 7.01. The van der Waals surface area contributed by atoms with Gasteiger partial charge in [-0.1, -0.05) is 28.2 Å². The molecule has 3 heteroatoms. The van der Waals surface area contributed by atoms with E-state index in [1.807, 2.05) is 6.07 Å². The van der Waals surface area contributed by atoms with Crippen LogP contribution in [0.2, 0.25) is 0 Å². The Balaban J connectivity index is 2.78. The molecular weight excluding hydrogens is 232 g/mol. The van der Waals surface area contributed by atoms with Gasteiger partial charge in [0.25, 0.3) is 0 Å². The summed E-state index contributed by atoms with van der Waals surface area (Å²) in [4.78, 5) is 0. The maximum atomic E-state index is 5.30. The number of hydrogen-bond donors (Lipinski definition) is 0. The van der Waals surface area contributed by atoms with Gasteiger partial charge in [0.15, 0.2) is 0 Å². The molecule has 0 heterocycles. The van der Waals surface area contributed by atoms with Gasteiger partial charge >= 0.3 is 0 Å². The van der Waals surface area contributed by atoms with E-state index in [4.69, 9.17) is 4.43 Å². The second-order valence-electron chi connectivity index (χ2n) is 2.55. The summed E-state index contributed by atoms with van der Waals surface area (Å²) in [5.41, 5.74) is 2.51. The Morgan fingerprint density at radius 3 is 2.92 bits per heavy atom. The molecule has 0 aliphatic carbocycles. The van der Waals surface area contributed by atoms with Crippen molar-refractivity contribution in [1.29, 1.82) is 0 Å². The van der Waals surface area contributed by atoms with E-state index in [-0.39, 0.29) is 9.38 Å². The Morgan fingerprint density at radius 2 is 2.33 bits per heavy atom. The normalized spacial score (nSPS) is 9.50. The molecular formula is C9H11BrOSi. The Kier molecular flexibility index (Phi) is 3.69. The fourth-order valence-corrected chi connectivity index (χ4v) is 1.74. The average molecular weight is 243 g/mol. The van der Waals surface area contributed by atoms with Crippen molar-refractivity contribution in [3.8, 4) is 0 Å². The van der Waals surface area contributed by atoms with Crippen molar-refractivity contribution in [2.24, 2.45) is 0 Å². The number of benzene rings is 1. The molecule has 0 radical (unpaired) electrons. The molecule has 0 fully saturated rings. The molecule has 0 spiro atoms. The third-order valence-corrected chi connectivity index (χ3v) is 2.56. The lowest BCUT2D eigenvalue weighted by atomic mass is 10.1. The molecule has 0 bridgehead atoms. The highest BCUT2D eigenvalue weighted by atomic mass is 79.9. The van der Waals surface area contributed by atoms with Crippen molar-refractivity contribution in [3.63, 3.8) is 0 Å². The molecule has 1 nitrogen and oxygen atoms in total. The molecule has 0 atom stereocenters. The lowest BCUT2D eigenvalue weighted by molar-refractivity contribution is 0.335. The standard InChI is InChI=1S/C9H11BrOSi/c1-7-5-9(10)4-3-8(7)6-11-12-2/h3-5,12H,2,6H2,1H3. The monoisotopic (exact) mass is 242 g/mol. The fourth-order valence-electron chi connectivity index (χ4n) is 0.970. The second kappa shape index (κ2) is 4.57. The molecule has 0 aromatic heterocycles. The molecule has 0 unspecified atom stereocenters. The molecule has 0 saturated carbocycles. The quantitative estimate of drug-likeness (QED) is 0.738. The first-order valence-corrected chi connectivity index (χ1v) is 5.79. The maximum Gasteiger partial charge on any atom is 0.208 e. The molecule has 1 aromatic carbocycles. The van der Waals surface area contributed by atoms with Crippen LogP contribution in [-0.2, 0) is 11.0 Å². The number of rotatable bonds is 3. The molecule has 0 aliphatic heterocycles. The van der Waals surface area contributed by atoms with Crippen molar-refractivity contribution < 1.29 is 4.43 Å². The van der Waals surface area contributed by atoms with Crippen LogP contribution in [0, 0.1) is 6.92 Å². The van der Waals surface area contributed by atoms with Crippen LogP contribution < -0.4 is 0 Å². The highest BCUT2D eigenvalue weighted by molar-refractivity contribution is 9.10. The van der Waals surface area contributed by atoms with Gasteiger partial charge in [-0.3, -0.25) is 0 Å². The van der Waals surface area contributed by atoms with Gasteiger partial charge in [-0.2, -0.15) is 0 Å². The number of hydrogen-bond acceptors (Lipinski definition) is 1. The van der Waals surface area contributed by atoms with Crippen LogP contribution in [0.5, 0.6) is 0 Å². The summed E-state index contributed by atoms with van der Waals surface area (Å²) >= 11 is 3.42. The van der Waals surface area contributed by atoms with E-state index < -0.39 is 0 Å². The minimum atomic E-state index is -0.101. The van der Waals surface area contributed by atoms with Gasteiger partial charge in [-0.15, -0.1) is 0 Å². The third kappa shape index (κ3) is 2.57. The first-order chi connectivity index (χ1) is 5.74. The van der Waals surface area contributed by atoms with E-state index >= 15 is 0 Å². The molecule has 64 valence electrons. The van der Waals surface area contributed by atoms with E-state index in [9.17, 15) is 0 Å². The van der Waals surface area contributed by atoms with Gasteiger partial charge in [-0.25, -0.2) is 0 Å². The first kappa shape index (κ1) is 9.67. The molecule has 0 saturated heterocycles. The predicted octanol–water partition coefficient (Wildman–Crippen LogP) is 2.06. The Labute approximate surface area is 83.4 Å². The zero-order valence-corrected chi connectivity index (χ0v) is 9.75. The van der Waals surface area contributed by atoms with Crippen LogP contribution in [0.25, 0.3) is 0 Å². The fraction of sp³-hybridized carbons (Fsp3) is 0.222. The molecule has 0 aliphatic rings. The van der Waals surface area contributed by atoms with E-state index in [1.165, 1.54) is 11.1 Å². The van der Waals surface area contributed by atoms with Crippen molar-refractivity contribution >= 4 is 31.5 Å². The van der Waals surface area contributed by atoms with Crippen LogP contribution in [-0.4, -0.2) is 15.6 Å². The predicted molar refractivity (Wildman–Crippen MR) is 57.9 cm³/mol. The Morgan fingerprint density at radius 1 is 1.58 bits per heavy atom. The van der Waals surface area contributed by atoms with Crippen molar-refractivity contribution in [2.75, 3.05) is 0 Å². The summed E-state index contributed by atoms with van der Waals surface area (Å²) in [6.07, 6.45) is 3.70. The molecule has 12 heavy (non-hydrogen) atoms. The van der Waals surface area contributed by atoms with Crippen LogP contribution in [0.4, 0.5) is 0 Å². The second-order valence-corrected chi connectivity index (χ2v) is 4.13. The minimum absolute atomic E-state index is 0.101. The van der Waals surface area contributed by atoms with Gasteiger partial charge in [0, 0.05) is 4.47 Å². The summed E-state index contributed by atoms with van der Waals surface area (Å²) in [5.74, 6) is 0. The molecule has 1 aromatic rings. The van der Waals surface area contributed by atoms with E-state index in [0.29, 0.717) is 6.61 Å². The average Bonchev–Trinajstić information content (AvgIpc) is 2.03. The van der Waals surface area contributed by atoms with E-state index in [2.05, 4.69) is 41.2 Å². The highest BCUT2D eigenvalue weighted by Gasteiger charge is 1.97. The minimum Gasteiger partial charge on any atom is -0.550 e. The van der Waals surface area contributed by atoms with Crippen molar-refractivity contribution in [1.82, 2.24) is 0 Å². The van der Waals surface area contributed by atoms with Crippen LogP contribution in [0.1, 0.15) is 11.1 Å². The van der Waals surface area contributed by atoms with E-state index in [0.717, 1.165) is 4.47 Å². The lowest BCUT2D eigenvalue weighted by Gasteiger charge is -2.05. The molecule has 1 rings (SSSR count). The van der Waals surface area contributed by atoms with Gasteiger partial charge in [-0.05, 0) is 30.2 Å². The molecule has 0 amide bonds. The van der Waals surface area contributed by atoms with Crippen LogP contribution in [0.3, 0.4) is 0 Å². The third-order valence-electron chi connectivity index (χ3n) is 1.66. The summed E-state index contributed by atoms with van der Waals surface area (Å²) in [6.45, 7) is 2.78. The SMILES string of the molecule is C=[SiH]OCc1ccc(Br)cc1C. The summed E-state index contributed by atoms with van der Waals surface area (Å²) in [6, 6.07) is 6.20. The summed E-state index contributed by atoms with van der Waals surface area (Å²) < 4.78 is 6.41. The first-order valence-electron chi connectivity index (χ1n) is 3.71. The highest BCUT2D eigenvalue weighted by Crippen LogP contribution is 2.16. The van der Waals surface area contributed by atoms with Gasteiger partial charge in [0.05, 0.1) is 6.61 Å². The summed E-state index contributed by atoms with van der Waals surface area (Å²) in [5, 5.41) is 0. The smallest absolute Gasteiger partial charge is 0.208 e. The van der Waals surface area contributed by atoms with Gasteiger partial charge in [0.2, 0.25) is 9.38 Å². The van der Waals surface area contributed by atoms with Crippen LogP contribution in [0.15, 0.2) is 22.7 Å². The van der Waals surface area contributed by atoms with Crippen molar-refractivity contribution in [2.45, 2.75) is 13.5 Å². The Bertz CT molecular complexity index is 286. The molecule has 0 N–H and O–H groups in total. The topological polar surface area (TPSA) is 9.23 Å². The van der Waals surface area contributed by atoms with Gasteiger partial charge < -0.3 is 4.43 Å².